The van der Waals surface area contributed by atoms with Crippen LogP contribution in [0, 0.1) is 5.92 Å². The molecule has 108 valence electrons. The number of anilines is 1. The zero-order chi connectivity index (χ0) is 14.3. The number of thiocarbonyl (C=S) groups is 1. The SMILES string of the molecule is CCc1nnc(N2CC3CCC2C3)c(C(N)=S)c1CC. The number of aryl methyl sites for hydroxylation is 1. The summed E-state index contributed by atoms with van der Waals surface area (Å²) in [5.41, 5.74) is 9.21. The van der Waals surface area contributed by atoms with Crippen LogP contribution < -0.4 is 10.6 Å². The van der Waals surface area contributed by atoms with Crippen molar-refractivity contribution < 1.29 is 0 Å². The number of rotatable bonds is 4. The molecule has 2 N–H and O–H groups in total. The maximum Gasteiger partial charge on any atom is 0.162 e. The summed E-state index contributed by atoms with van der Waals surface area (Å²) in [6.07, 6.45) is 5.68. The molecule has 5 heteroatoms. The van der Waals surface area contributed by atoms with Crippen molar-refractivity contribution in [3.63, 3.8) is 0 Å². The first kappa shape index (κ1) is 13.7. The molecule has 2 unspecified atom stereocenters. The lowest BCUT2D eigenvalue weighted by Crippen LogP contribution is -2.35. The Balaban J connectivity index is 2.08. The number of aromatic nitrogens is 2. The molecule has 2 fully saturated rings. The standard InChI is InChI=1S/C15H22N4S/c1-3-11-12(4-2)17-18-15(13(11)14(16)20)19-8-9-5-6-10(19)7-9/h9-10H,3-8H2,1-2H3,(H2,16,20). The van der Waals surface area contributed by atoms with Crippen LogP contribution in [0.4, 0.5) is 5.82 Å². The molecule has 4 nitrogen and oxygen atoms in total. The largest absolute Gasteiger partial charge is 0.389 e. The van der Waals surface area contributed by atoms with Crippen molar-refractivity contribution in [2.75, 3.05) is 11.4 Å². The number of hydrogen-bond donors (Lipinski definition) is 1. The Morgan fingerprint density at radius 1 is 1.30 bits per heavy atom. The van der Waals surface area contributed by atoms with Gasteiger partial charge in [0.2, 0.25) is 0 Å². The van der Waals surface area contributed by atoms with Crippen LogP contribution >= 0.6 is 12.2 Å². The molecule has 2 atom stereocenters. The molecule has 2 heterocycles. The van der Waals surface area contributed by atoms with Crippen LogP contribution in [0.5, 0.6) is 0 Å². The lowest BCUT2D eigenvalue weighted by atomic mass is 10.0. The quantitative estimate of drug-likeness (QED) is 0.862. The second-order valence-electron chi connectivity index (χ2n) is 5.88. The minimum absolute atomic E-state index is 0.462. The summed E-state index contributed by atoms with van der Waals surface area (Å²) in [7, 11) is 0. The Morgan fingerprint density at radius 3 is 2.60 bits per heavy atom. The molecule has 1 saturated carbocycles. The smallest absolute Gasteiger partial charge is 0.162 e. The van der Waals surface area contributed by atoms with Crippen molar-refractivity contribution >= 4 is 23.0 Å². The number of nitrogens with two attached hydrogens (primary N) is 1. The summed E-state index contributed by atoms with van der Waals surface area (Å²) < 4.78 is 0. The lowest BCUT2D eigenvalue weighted by molar-refractivity contribution is 0.548. The minimum Gasteiger partial charge on any atom is -0.389 e. The van der Waals surface area contributed by atoms with Crippen LogP contribution in [0.15, 0.2) is 0 Å². The Bertz CT molecular complexity index is 543. The third-order valence-corrected chi connectivity index (χ3v) is 4.96. The summed E-state index contributed by atoms with van der Waals surface area (Å²) >= 11 is 5.32. The first-order valence-corrected chi connectivity index (χ1v) is 8.01. The first-order valence-electron chi connectivity index (χ1n) is 7.60. The lowest BCUT2D eigenvalue weighted by Gasteiger charge is -2.30. The molecule has 0 radical (unpaired) electrons. The molecule has 2 bridgehead atoms. The topological polar surface area (TPSA) is 55.0 Å². The van der Waals surface area contributed by atoms with Crippen LogP contribution in [0.2, 0.25) is 0 Å². The van der Waals surface area contributed by atoms with E-state index in [0.29, 0.717) is 11.0 Å². The van der Waals surface area contributed by atoms with E-state index in [4.69, 9.17) is 18.0 Å². The van der Waals surface area contributed by atoms with Gasteiger partial charge in [-0.3, -0.25) is 0 Å². The van der Waals surface area contributed by atoms with E-state index in [-0.39, 0.29) is 0 Å². The highest BCUT2D eigenvalue weighted by Crippen LogP contribution is 2.41. The van der Waals surface area contributed by atoms with E-state index in [1.54, 1.807) is 0 Å². The third kappa shape index (κ3) is 2.08. The molecule has 0 spiro atoms. The molecule has 3 rings (SSSR count). The molecule has 20 heavy (non-hydrogen) atoms. The molecule has 2 aliphatic rings. The zero-order valence-corrected chi connectivity index (χ0v) is 13.0. The molecule has 1 saturated heterocycles. The summed E-state index contributed by atoms with van der Waals surface area (Å²) in [5.74, 6) is 1.75. The van der Waals surface area contributed by atoms with E-state index in [1.165, 1.54) is 24.8 Å². The monoisotopic (exact) mass is 290 g/mol. The van der Waals surface area contributed by atoms with Gasteiger partial charge in [-0.1, -0.05) is 26.1 Å². The van der Waals surface area contributed by atoms with Crippen molar-refractivity contribution in [3.05, 3.63) is 16.8 Å². The average molecular weight is 290 g/mol. The van der Waals surface area contributed by atoms with Gasteiger partial charge in [-0.15, -0.1) is 5.10 Å². The highest BCUT2D eigenvalue weighted by atomic mass is 32.1. The third-order valence-electron chi connectivity index (χ3n) is 4.76. The number of fused-ring (bicyclic) bond motifs is 2. The minimum atomic E-state index is 0.462. The maximum absolute atomic E-state index is 6.02. The number of hydrogen-bond acceptors (Lipinski definition) is 4. The maximum atomic E-state index is 6.02. The Morgan fingerprint density at radius 2 is 2.10 bits per heavy atom. The van der Waals surface area contributed by atoms with Gasteiger partial charge in [-0.25, -0.2) is 0 Å². The van der Waals surface area contributed by atoms with E-state index in [1.807, 2.05) is 0 Å². The molecule has 1 aromatic rings. The predicted octanol–water partition coefficient (Wildman–Crippen LogP) is 2.22. The van der Waals surface area contributed by atoms with Gasteiger partial charge in [-0.05, 0) is 43.6 Å². The van der Waals surface area contributed by atoms with Crippen LogP contribution in [0.3, 0.4) is 0 Å². The van der Waals surface area contributed by atoms with Gasteiger partial charge in [0.15, 0.2) is 5.82 Å². The highest BCUT2D eigenvalue weighted by Gasteiger charge is 2.40. The zero-order valence-electron chi connectivity index (χ0n) is 12.2. The van der Waals surface area contributed by atoms with Gasteiger partial charge >= 0.3 is 0 Å². The van der Waals surface area contributed by atoms with Crippen molar-refractivity contribution in [2.24, 2.45) is 11.7 Å². The van der Waals surface area contributed by atoms with Gasteiger partial charge in [0.1, 0.15) is 4.99 Å². The van der Waals surface area contributed by atoms with E-state index in [0.717, 1.165) is 42.4 Å². The number of nitrogens with zero attached hydrogens (tertiary/aromatic N) is 3. The second kappa shape index (κ2) is 5.28. The summed E-state index contributed by atoms with van der Waals surface area (Å²) in [6.45, 7) is 5.32. The molecule has 1 aliphatic carbocycles. The van der Waals surface area contributed by atoms with E-state index < -0.39 is 0 Å². The van der Waals surface area contributed by atoms with Gasteiger partial charge in [0.05, 0.1) is 11.3 Å². The van der Waals surface area contributed by atoms with E-state index in [2.05, 4.69) is 28.9 Å². The van der Waals surface area contributed by atoms with Crippen LogP contribution in [0.25, 0.3) is 0 Å². The molecular weight excluding hydrogens is 268 g/mol. The normalized spacial score (nSPS) is 24.4. The van der Waals surface area contributed by atoms with Crippen LogP contribution in [0.1, 0.15) is 49.9 Å². The molecule has 1 aliphatic heterocycles. The fraction of sp³-hybridized carbons (Fsp3) is 0.667. The van der Waals surface area contributed by atoms with Crippen LogP contribution in [-0.2, 0) is 12.8 Å². The summed E-state index contributed by atoms with van der Waals surface area (Å²) in [5, 5.41) is 8.92. The van der Waals surface area contributed by atoms with Crippen molar-refractivity contribution in [1.82, 2.24) is 10.2 Å². The Kier molecular flexibility index (Phi) is 3.63. The van der Waals surface area contributed by atoms with E-state index >= 15 is 0 Å². The van der Waals surface area contributed by atoms with Gasteiger partial charge in [-0.2, -0.15) is 5.10 Å². The van der Waals surface area contributed by atoms with Crippen LogP contribution in [-0.4, -0.2) is 27.8 Å². The molecule has 0 amide bonds. The van der Waals surface area contributed by atoms with Gasteiger partial charge < -0.3 is 10.6 Å². The average Bonchev–Trinajstić information content (AvgIpc) is 3.07. The van der Waals surface area contributed by atoms with E-state index in [9.17, 15) is 0 Å². The van der Waals surface area contributed by atoms with Crippen molar-refractivity contribution in [1.29, 1.82) is 0 Å². The number of piperidine rings is 1. The van der Waals surface area contributed by atoms with Crippen molar-refractivity contribution in [3.8, 4) is 0 Å². The Hall–Kier alpha value is -1.23. The Labute approximate surface area is 125 Å². The van der Waals surface area contributed by atoms with Gasteiger partial charge in [0.25, 0.3) is 0 Å². The van der Waals surface area contributed by atoms with Crippen molar-refractivity contribution in [2.45, 2.75) is 52.0 Å². The highest BCUT2D eigenvalue weighted by molar-refractivity contribution is 7.80. The van der Waals surface area contributed by atoms with Gasteiger partial charge in [0, 0.05) is 12.6 Å². The molecule has 0 aromatic carbocycles. The molecular formula is C15H22N4S. The molecule has 1 aromatic heterocycles. The fourth-order valence-electron chi connectivity index (χ4n) is 3.81. The summed E-state index contributed by atoms with van der Waals surface area (Å²) in [4.78, 5) is 2.86. The second-order valence-corrected chi connectivity index (χ2v) is 6.32. The fourth-order valence-corrected chi connectivity index (χ4v) is 4.02. The predicted molar refractivity (Wildman–Crippen MR) is 85.2 cm³/mol. The summed E-state index contributed by atoms with van der Waals surface area (Å²) in [6, 6.07) is 0.611. The first-order chi connectivity index (χ1) is 9.65.